The van der Waals surface area contributed by atoms with Crippen LogP contribution in [0.25, 0.3) is 108 Å². The summed E-state index contributed by atoms with van der Waals surface area (Å²) < 4.78 is 5.04. The zero-order valence-electron chi connectivity index (χ0n) is 33.6. The van der Waals surface area contributed by atoms with Crippen molar-refractivity contribution in [1.82, 2.24) is 15.0 Å². The number of benzene rings is 8. The van der Waals surface area contributed by atoms with Gasteiger partial charge in [-0.05, 0) is 62.4 Å². The van der Waals surface area contributed by atoms with Gasteiger partial charge in [0.25, 0.3) is 0 Å². The van der Waals surface area contributed by atoms with Gasteiger partial charge in [0.15, 0.2) is 17.5 Å². The molecular weight excluding hydrogens is 767 g/mol. The van der Waals surface area contributed by atoms with Crippen molar-refractivity contribution < 1.29 is 0 Å². The lowest BCUT2D eigenvalue weighted by molar-refractivity contribution is 0.661. The number of nitrogens with zero attached hydrogens (tertiary/aromatic N) is 3. The standard InChI is InChI=1S/C55H37N3S2/c1-54(2)41-21-9-7-15-37(41)45-43(54)27-25-35-33-17-11-19-39(47(33)59-49(35)45)52-56-51(32-24-23-30-13-5-6-14-31(30)29-32)57-53(58-52)40-20-12-18-34-36-26-28-44-46(50(36)60-48(34)40)38-16-8-10-22-42(38)55(44,3)4/h5-29H,1-4H3. The Bertz CT molecular complexity index is 3480. The number of rotatable bonds is 3. The third-order valence-electron chi connectivity index (χ3n) is 13.5. The highest BCUT2D eigenvalue weighted by Crippen LogP contribution is 2.56. The van der Waals surface area contributed by atoms with Crippen LogP contribution in [0, 0.1) is 0 Å². The molecule has 0 atom stereocenters. The number of thiophene rings is 2. The van der Waals surface area contributed by atoms with Crippen molar-refractivity contribution in [2.45, 2.75) is 38.5 Å². The molecule has 0 bridgehead atoms. The molecule has 3 nitrogen and oxygen atoms in total. The molecular formula is C55H37N3S2. The van der Waals surface area contributed by atoms with Crippen LogP contribution in [0.2, 0.25) is 0 Å². The van der Waals surface area contributed by atoms with Crippen LogP contribution in [0.4, 0.5) is 0 Å². The third kappa shape index (κ3) is 4.56. The van der Waals surface area contributed by atoms with Gasteiger partial charge in [-0.25, -0.2) is 15.0 Å². The SMILES string of the molecule is CC1(C)c2ccccc2-c2c1ccc1c2sc2c(-c3nc(-c4ccc5ccccc5c4)nc(-c4cccc5c4sc4c6c(ccc45)C(C)(C)c4ccccc4-6)n3)cccc21. The first-order chi connectivity index (χ1) is 29.3. The summed E-state index contributed by atoms with van der Waals surface area (Å²) in [5.74, 6) is 2.05. The van der Waals surface area contributed by atoms with Crippen molar-refractivity contribution in [2.24, 2.45) is 0 Å². The number of hydrogen-bond donors (Lipinski definition) is 0. The number of hydrogen-bond acceptors (Lipinski definition) is 5. The van der Waals surface area contributed by atoms with Crippen LogP contribution in [0.5, 0.6) is 0 Å². The minimum absolute atomic E-state index is 0.0652. The van der Waals surface area contributed by atoms with E-state index in [2.05, 4.69) is 179 Å². The predicted octanol–water partition coefficient (Wildman–Crippen LogP) is 15.4. The Morgan fingerprint density at radius 2 is 0.800 bits per heavy atom. The second kappa shape index (κ2) is 12.0. The van der Waals surface area contributed by atoms with E-state index in [-0.39, 0.29) is 10.8 Å². The van der Waals surface area contributed by atoms with Gasteiger partial charge in [-0.1, -0.05) is 161 Å². The second-order valence-electron chi connectivity index (χ2n) is 17.5. The van der Waals surface area contributed by atoms with Crippen LogP contribution in [-0.2, 0) is 10.8 Å². The predicted molar refractivity (Wildman–Crippen MR) is 255 cm³/mol. The fourth-order valence-corrected chi connectivity index (χ4v) is 13.3. The van der Waals surface area contributed by atoms with Gasteiger partial charge in [0.05, 0.1) is 0 Å². The van der Waals surface area contributed by atoms with Crippen LogP contribution in [0.15, 0.2) is 152 Å². The molecule has 0 N–H and O–H groups in total. The Labute approximate surface area is 355 Å². The van der Waals surface area contributed by atoms with Crippen molar-refractivity contribution in [3.63, 3.8) is 0 Å². The lowest BCUT2D eigenvalue weighted by atomic mass is 9.82. The molecule has 11 aromatic rings. The summed E-state index contributed by atoms with van der Waals surface area (Å²) in [5.41, 5.74) is 13.9. The van der Waals surface area contributed by atoms with Crippen LogP contribution in [-0.4, -0.2) is 15.0 Å². The summed E-state index contributed by atoms with van der Waals surface area (Å²) in [4.78, 5) is 16.2. The van der Waals surface area contributed by atoms with Crippen LogP contribution < -0.4 is 0 Å². The van der Waals surface area contributed by atoms with Crippen LogP contribution in [0.3, 0.4) is 0 Å². The molecule has 3 heterocycles. The second-order valence-corrected chi connectivity index (χ2v) is 19.5. The van der Waals surface area contributed by atoms with E-state index >= 15 is 0 Å². The maximum absolute atomic E-state index is 5.46. The third-order valence-corrected chi connectivity index (χ3v) is 16.1. The first kappa shape index (κ1) is 34.3. The Hall–Kier alpha value is -6.53. The zero-order chi connectivity index (χ0) is 40.1. The fraction of sp³-hybridized carbons (Fsp3) is 0.109. The monoisotopic (exact) mass is 803 g/mol. The smallest absolute Gasteiger partial charge is 0.165 e. The average molecular weight is 804 g/mol. The molecule has 0 saturated carbocycles. The summed E-state index contributed by atoms with van der Waals surface area (Å²) in [7, 11) is 0. The first-order valence-electron chi connectivity index (χ1n) is 20.7. The van der Waals surface area contributed by atoms with Crippen molar-refractivity contribution >= 4 is 73.8 Å². The molecule has 0 aliphatic heterocycles. The lowest BCUT2D eigenvalue weighted by Crippen LogP contribution is -2.14. The molecule has 5 heteroatoms. The van der Waals surface area contributed by atoms with E-state index in [0.29, 0.717) is 17.5 Å². The minimum Gasteiger partial charge on any atom is -0.208 e. The van der Waals surface area contributed by atoms with E-state index in [1.165, 1.54) is 90.2 Å². The highest BCUT2D eigenvalue weighted by molar-refractivity contribution is 7.27. The molecule has 2 aliphatic carbocycles. The van der Waals surface area contributed by atoms with Gasteiger partial charge in [-0.15, -0.1) is 22.7 Å². The highest BCUT2D eigenvalue weighted by atomic mass is 32.1. The van der Waals surface area contributed by atoms with E-state index in [4.69, 9.17) is 15.0 Å². The molecule has 0 unspecified atom stereocenters. The minimum atomic E-state index is -0.0652. The Morgan fingerprint density at radius 1 is 0.350 bits per heavy atom. The Kier molecular flexibility index (Phi) is 6.89. The molecule has 284 valence electrons. The normalized spacial score (nSPS) is 14.6. The van der Waals surface area contributed by atoms with Gasteiger partial charge in [-0.3, -0.25) is 0 Å². The van der Waals surface area contributed by atoms with E-state index in [0.717, 1.165) is 22.1 Å². The molecule has 0 spiro atoms. The van der Waals surface area contributed by atoms with Crippen molar-refractivity contribution in [2.75, 3.05) is 0 Å². The summed E-state index contributed by atoms with van der Waals surface area (Å²) in [6, 6.07) is 55.5. The number of fused-ring (bicyclic) bond motifs is 15. The fourth-order valence-electron chi connectivity index (χ4n) is 10.5. The van der Waals surface area contributed by atoms with Crippen molar-refractivity contribution in [3.8, 4) is 56.4 Å². The molecule has 3 aromatic heterocycles. The van der Waals surface area contributed by atoms with Gasteiger partial charge in [-0.2, -0.15) is 0 Å². The number of aromatic nitrogens is 3. The van der Waals surface area contributed by atoms with Gasteiger partial charge in [0, 0.05) is 79.0 Å². The summed E-state index contributed by atoms with van der Waals surface area (Å²) in [6.07, 6.45) is 0. The van der Waals surface area contributed by atoms with E-state index in [1.54, 1.807) is 0 Å². The average Bonchev–Trinajstić information content (AvgIpc) is 3.99. The maximum atomic E-state index is 5.46. The molecule has 0 amide bonds. The molecule has 0 saturated heterocycles. The molecule has 0 radical (unpaired) electrons. The van der Waals surface area contributed by atoms with E-state index in [9.17, 15) is 0 Å². The van der Waals surface area contributed by atoms with Crippen LogP contribution >= 0.6 is 22.7 Å². The first-order valence-corrected chi connectivity index (χ1v) is 22.3. The summed E-state index contributed by atoms with van der Waals surface area (Å²) >= 11 is 3.74. The van der Waals surface area contributed by atoms with Crippen molar-refractivity contribution in [3.05, 3.63) is 174 Å². The molecule has 0 fully saturated rings. The van der Waals surface area contributed by atoms with Gasteiger partial charge >= 0.3 is 0 Å². The van der Waals surface area contributed by atoms with Gasteiger partial charge in [0.1, 0.15) is 0 Å². The highest BCUT2D eigenvalue weighted by Gasteiger charge is 2.38. The lowest BCUT2D eigenvalue weighted by Gasteiger charge is -2.21. The summed E-state index contributed by atoms with van der Waals surface area (Å²) in [6.45, 7) is 9.42. The van der Waals surface area contributed by atoms with Crippen LogP contribution in [0.1, 0.15) is 49.9 Å². The van der Waals surface area contributed by atoms with E-state index in [1.807, 2.05) is 22.7 Å². The zero-order valence-corrected chi connectivity index (χ0v) is 35.2. The maximum Gasteiger partial charge on any atom is 0.165 e. The Balaban J connectivity index is 1.07. The largest absolute Gasteiger partial charge is 0.208 e. The van der Waals surface area contributed by atoms with Crippen molar-refractivity contribution in [1.29, 1.82) is 0 Å². The molecule has 60 heavy (non-hydrogen) atoms. The van der Waals surface area contributed by atoms with Gasteiger partial charge < -0.3 is 0 Å². The van der Waals surface area contributed by atoms with E-state index < -0.39 is 0 Å². The Morgan fingerprint density at radius 3 is 1.35 bits per heavy atom. The van der Waals surface area contributed by atoms with Gasteiger partial charge in [0.2, 0.25) is 0 Å². The molecule has 13 rings (SSSR count). The quantitative estimate of drug-likeness (QED) is 0.179. The molecule has 2 aliphatic rings. The topological polar surface area (TPSA) is 38.7 Å². The molecule has 8 aromatic carbocycles. The summed E-state index contributed by atoms with van der Waals surface area (Å²) in [5, 5.41) is 7.37.